The minimum absolute atomic E-state index is 0.0621. The number of fused-ring (bicyclic) bond motifs is 1. The third kappa shape index (κ3) is 4.26. The maximum absolute atomic E-state index is 13.4. The zero-order valence-electron chi connectivity index (χ0n) is 16.4. The summed E-state index contributed by atoms with van der Waals surface area (Å²) in [4.78, 5) is 51.3. The largest absolute Gasteiger partial charge is 0.464 e. The molecular weight excluding hydrogens is 346 g/mol. The normalized spacial score (nSPS) is 19.0. The summed E-state index contributed by atoms with van der Waals surface area (Å²) in [6.07, 6.45) is 0.765. The van der Waals surface area contributed by atoms with Crippen LogP contribution in [0.5, 0.6) is 0 Å². The lowest BCUT2D eigenvalue weighted by atomic mass is 9.64. The second-order valence-corrected chi connectivity index (χ2v) is 7.47. The van der Waals surface area contributed by atoms with Crippen LogP contribution >= 0.6 is 0 Å². The second-order valence-electron chi connectivity index (χ2n) is 7.47. The van der Waals surface area contributed by atoms with E-state index >= 15 is 0 Å². The van der Waals surface area contributed by atoms with Crippen LogP contribution < -0.4 is 0 Å². The molecule has 6 heteroatoms. The summed E-state index contributed by atoms with van der Waals surface area (Å²) < 4.78 is 4.92. The molecule has 1 unspecified atom stereocenters. The minimum Gasteiger partial charge on any atom is -0.464 e. The summed E-state index contributed by atoms with van der Waals surface area (Å²) in [6, 6.07) is 6.89. The Bertz CT molecular complexity index is 755. The Balaban J connectivity index is 2.45. The van der Waals surface area contributed by atoms with Crippen LogP contribution in [-0.2, 0) is 24.5 Å². The molecule has 0 spiro atoms. The highest BCUT2D eigenvalue weighted by atomic mass is 16.5. The van der Waals surface area contributed by atoms with Crippen LogP contribution in [0.4, 0.5) is 0 Å². The molecule has 0 N–H and O–H groups in total. The number of rotatable bonds is 7. The van der Waals surface area contributed by atoms with Crippen molar-refractivity contribution in [2.45, 2.75) is 45.4 Å². The van der Waals surface area contributed by atoms with Gasteiger partial charge in [0.25, 0.3) is 0 Å². The van der Waals surface area contributed by atoms with E-state index in [2.05, 4.69) is 0 Å². The summed E-state index contributed by atoms with van der Waals surface area (Å²) in [5, 5.41) is 0. The predicted octanol–water partition coefficient (Wildman–Crippen LogP) is 2.54. The van der Waals surface area contributed by atoms with E-state index in [4.69, 9.17) is 4.74 Å². The van der Waals surface area contributed by atoms with E-state index in [1.165, 1.54) is 11.8 Å². The van der Waals surface area contributed by atoms with Gasteiger partial charge in [-0.1, -0.05) is 38.1 Å². The maximum atomic E-state index is 13.4. The van der Waals surface area contributed by atoms with Gasteiger partial charge in [-0.25, -0.2) is 0 Å². The van der Waals surface area contributed by atoms with Gasteiger partial charge >= 0.3 is 5.97 Å². The molecule has 1 atom stereocenters. The van der Waals surface area contributed by atoms with Crippen LogP contribution in [0.2, 0.25) is 0 Å². The van der Waals surface area contributed by atoms with E-state index in [0.29, 0.717) is 29.9 Å². The zero-order valence-corrected chi connectivity index (χ0v) is 16.4. The van der Waals surface area contributed by atoms with Gasteiger partial charge in [0.2, 0.25) is 5.91 Å². The lowest BCUT2D eigenvalue weighted by Crippen LogP contribution is -2.54. The fourth-order valence-electron chi connectivity index (χ4n) is 3.51. The lowest BCUT2D eigenvalue weighted by molar-refractivity contribution is -0.147. The van der Waals surface area contributed by atoms with Gasteiger partial charge < -0.3 is 9.64 Å². The maximum Gasteiger partial charge on any atom is 0.302 e. The Kier molecular flexibility index (Phi) is 6.52. The van der Waals surface area contributed by atoms with Crippen LogP contribution in [0.25, 0.3) is 0 Å². The van der Waals surface area contributed by atoms with Crippen molar-refractivity contribution in [3.63, 3.8) is 0 Å². The Morgan fingerprint density at radius 2 is 1.89 bits per heavy atom. The molecule has 146 valence electrons. The molecular formula is C21H27NO5. The third-order valence-electron chi connectivity index (χ3n) is 5.02. The van der Waals surface area contributed by atoms with Crippen molar-refractivity contribution in [2.24, 2.45) is 5.92 Å². The first-order valence-electron chi connectivity index (χ1n) is 9.25. The van der Waals surface area contributed by atoms with Crippen molar-refractivity contribution in [1.82, 2.24) is 4.90 Å². The average Bonchev–Trinajstić information content (AvgIpc) is 2.61. The number of ketones is 2. The second kappa shape index (κ2) is 8.46. The van der Waals surface area contributed by atoms with Gasteiger partial charge in [-0.15, -0.1) is 0 Å². The molecule has 0 bridgehead atoms. The number of carbonyl (C=O) groups excluding carboxylic acids is 4. The predicted molar refractivity (Wildman–Crippen MR) is 100 cm³/mol. The molecule has 1 aromatic carbocycles. The number of Topliss-reactive ketones (excluding diaryl/α,β-unsaturated/α-hetero) is 2. The number of nitrogens with zero attached hydrogens (tertiary/aromatic N) is 1. The number of amides is 1. The van der Waals surface area contributed by atoms with Gasteiger partial charge in [-0.3, -0.25) is 19.2 Å². The standard InChI is InChI=1S/C21H27NO5/c1-14(2)9-10-21(20(26)22(4)11-12-27-15(3)23)17-8-6-5-7-16(17)18(24)13-19(21)25/h5-8,14H,9-13H2,1-4H3. The molecule has 0 aromatic heterocycles. The monoisotopic (exact) mass is 373 g/mol. The first-order valence-corrected chi connectivity index (χ1v) is 9.25. The molecule has 1 aromatic rings. The highest BCUT2D eigenvalue weighted by Gasteiger charge is 2.52. The summed E-state index contributed by atoms with van der Waals surface area (Å²) in [5.41, 5.74) is -0.418. The quantitative estimate of drug-likeness (QED) is 0.542. The van der Waals surface area contributed by atoms with Crippen molar-refractivity contribution in [3.05, 3.63) is 35.4 Å². The number of benzene rings is 1. The van der Waals surface area contributed by atoms with Crippen LogP contribution in [0.1, 0.15) is 56.0 Å². The number of hydrogen-bond donors (Lipinski definition) is 0. The molecule has 0 radical (unpaired) electrons. The summed E-state index contributed by atoms with van der Waals surface area (Å²) in [7, 11) is 1.59. The summed E-state index contributed by atoms with van der Waals surface area (Å²) in [5.74, 6) is -1.06. The Hall–Kier alpha value is -2.50. The first kappa shape index (κ1) is 20.8. The molecule has 1 amide bonds. The van der Waals surface area contributed by atoms with Gasteiger partial charge in [0.15, 0.2) is 11.6 Å². The van der Waals surface area contributed by atoms with Gasteiger partial charge in [-0.2, -0.15) is 0 Å². The van der Waals surface area contributed by atoms with Gasteiger partial charge in [-0.05, 0) is 24.3 Å². The fraction of sp³-hybridized carbons (Fsp3) is 0.524. The Morgan fingerprint density at radius 3 is 2.52 bits per heavy atom. The van der Waals surface area contributed by atoms with E-state index < -0.39 is 11.4 Å². The van der Waals surface area contributed by atoms with Crippen molar-refractivity contribution in [2.75, 3.05) is 20.2 Å². The zero-order chi connectivity index (χ0) is 20.2. The van der Waals surface area contributed by atoms with E-state index in [9.17, 15) is 19.2 Å². The molecule has 1 aliphatic carbocycles. The number of carbonyl (C=O) groups is 4. The topological polar surface area (TPSA) is 80.8 Å². The molecule has 1 aliphatic rings. The molecule has 0 heterocycles. The van der Waals surface area contributed by atoms with Crippen LogP contribution in [0.3, 0.4) is 0 Å². The highest BCUT2D eigenvalue weighted by molar-refractivity contribution is 6.24. The molecule has 2 rings (SSSR count). The lowest BCUT2D eigenvalue weighted by Gasteiger charge is -2.39. The number of ether oxygens (including phenoxy) is 1. The molecule has 27 heavy (non-hydrogen) atoms. The van der Waals surface area contributed by atoms with Gasteiger partial charge in [0.1, 0.15) is 12.0 Å². The fourth-order valence-corrected chi connectivity index (χ4v) is 3.51. The number of likely N-dealkylation sites (N-methyl/N-ethyl adjacent to an activating group) is 1. The van der Waals surface area contributed by atoms with Gasteiger partial charge in [0.05, 0.1) is 13.0 Å². The summed E-state index contributed by atoms with van der Waals surface area (Å²) >= 11 is 0. The number of hydrogen-bond acceptors (Lipinski definition) is 5. The SMILES string of the molecule is CC(=O)OCCN(C)C(=O)C1(CCC(C)C)C(=O)CC(=O)c2ccccc21. The molecule has 6 nitrogen and oxygen atoms in total. The van der Waals surface area contributed by atoms with E-state index in [1.807, 2.05) is 13.8 Å². The van der Waals surface area contributed by atoms with E-state index in [-0.39, 0.29) is 37.0 Å². The minimum atomic E-state index is -1.36. The van der Waals surface area contributed by atoms with Crippen molar-refractivity contribution in [3.8, 4) is 0 Å². The van der Waals surface area contributed by atoms with E-state index in [0.717, 1.165) is 0 Å². The van der Waals surface area contributed by atoms with E-state index in [1.54, 1.807) is 31.3 Å². The van der Waals surface area contributed by atoms with Crippen molar-refractivity contribution < 1.29 is 23.9 Å². The number of esters is 1. The van der Waals surface area contributed by atoms with Crippen molar-refractivity contribution in [1.29, 1.82) is 0 Å². The van der Waals surface area contributed by atoms with Crippen LogP contribution in [0, 0.1) is 5.92 Å². The molecule has 0 saturated carbocycles. The Labute approximate surface area is 159 Å². The summed E-state index contributed by atoms with van der Waals surface area (Å²) in [6.45, 7) is 5.62. The average molecular weight is 373 g/mol. The van der Waals surface area contributed by atoms with Crippen LogP contribution in [0.15, 0.2) is 24.3 Å². The van der Waals surface area contributed by atoms with Gasteiger partial charge in [0, 0.05) is 19.5 Å². The Morgan fingerprint density at radius 1 is 1.22 bits per heavy atom. The molecule has 0 fully saturated rings. The molecule has 0 saturated heterocycles. The third-order valence-corrected chi connectivity index (χ3v) is 5.02. The first-order chi connectivity index (χ1) is 12.7. The van der Waals surface area contributed by atoms with Crippen molar-refractivity contribution >= 4 is 23.4 Å². The van der Waals surface area contributed by atoms with Crippen LogP contribution in [-0.4, -0.2) is 48.5 Å². The highest BCUT2D eigenvalue weighted by Crippen LogP contribution is 2.40. The molecule has 0 aliphatic heterocycles. The smallest absolute Gasteiger partial charge is 0.302 e.